The minimum Gasteiger partial charge on any atom is -0.505 e. The molecular formula is C15H27N2O6Si+. The summed E-state index contributed by atoms with van der Waals surface area (Å²) >= 11 is 0. The van der Waals surface area contributed by atoms with Gasteiger partial charge in [0.1, 0.15) is 0 Å². The number of hydrogen-bond donors (Lipinski definition) is 1. The Morgan fingerprint density at radius 2 is 1.83 bits per heavy atom. The van der Waals surface area contributed by atoms with Crippen LogP contribution < -0.4 is 0 Å². The summed E-state index contributed by atoms with van der Waals surface area (Å²) in [6, 6.07) is 0. The van der Waals surface area contributed by atoms with Crippen molar-refractivity contribution in [3.8, 4) is 0 Å². The third-order valence-electron chi connectivity index (χ3n) is 3.92. The van der Waals surface area contributed by atoms with Crippen LogP contribution in [0.4, 0.5) is 0 Å². The summed E-state index contributed by atoms with van der Waals surface area (Å²) in [5, 5.41) is 18.7. The number of carbonyl (C=O) groups is 2. The van der Waals surface area contributed by atoms with E-state index in [0.717, 1.165) is 7.11 Å². The molecule has 0 aromatic rings. The van der Waals surface area contributed by atoms with E-state index in [1.54, 1.807) is 6.92 Å². The number of diazo groups is 1. The molecule has 0 amide bonds. The number of hydrogen-bond acceptors (Lipinski definition) is 7. The van der Waals surface area contributed by atoms with Crippen molar-refractivity contribution in [3.63, 3.8) is 0 Å². The fraction of sp³-hybridized carbons (Fsp3) is 0.733. The number of ether oxygens (including phenoxy) is 2. The molecule has 0 fully saturated rings. The zero-order valence-corrected chi connectivity index (χ0v) is 16.4. The summed E-state index contributed by atoms with van der Waals surface area (Å²) in [5.74, 6) is -2.29. The lowest BCUT2D eigenvalue weighted by atomic mass is 10.2. The van der Waals surface area contributed by atoms with E-state index in [4.69, 9.17) is 14.6 Å². The van der Waals surface area contributed by atoms with Gasteiger partial charge in [-0.05, 0) is 25.1 Å². The van der Waals surface area contributed by atoms with Crippen LogP contribution in [0.25, 0.3) is 4.98 Å². The van der Waals surface area contributed by atoms with E-state index in [-0.39, 0.29) is 18.1 Å². The Bertz CT molecular complexity index is 545. The average molecular weight is 359 g/mol. The van der Waals surface area contributed by atoms with E-state index < -0.39 is 37.8 Å². The van der Waals surface area contributed by atoms with Crippen molar-refractivity contribution in [1.82, 2.24) is 0 Å². The molecule has 0 aromatic heterocycles. The Kier molecular flexibility index (Phi) is 8.09. The molecule has 0 aliphatic carbocycles. The molecule has 0 aromatic carbocycles. The van der Waals surface area contributed by atoms with Gasteiger partial charge in [0, 0.05) is 6.42 Å². The summed E-state index contributed by atoms with van der Waals surface area (Å²) in [6.45, 7) is 11.7. The highest BCUT2D eigenvalue weighted by molar-refractivity contribution is 6.74. The second-order valence-electron chi connectivity index (χ2n) is 6.71. The molecule has 24 heavy (non-hydrogen) atoms. The maximum atomic E-state index is 12.2. The largest absolute Gasteiger partial charge is 0.505 e. The minimum atomic E-state index is -2.35. The molecule has 1 atom stereocenters. The van der Waals surface area contributed by atoms with Gasteiger partial charge in [-0.1, -0.05) is 20.8 Å². The normalized spacial score (nSPS) is 14.2. The minimum absolute atomic E-state index is 0.148. The van der Waals surface area contributed by atoms with Gasteiger partial charge in [0.05, 0.1) is 13.7 Å². The molecule has 0 spiro atoms. The van der Waals surface area contributed by atoms with Crippen LogP contribution in [0.5, 0.6) is 0 Å². The molecule has 0 aliphatic rings. The molecule has 0 radical (unpaired) electrons. The van der Waals surface area contributed by atoms with E-state index in [1.165, 1.54) is 0 Å². The van der Waals surface area contributed by atoms with Crippen LogP contribution in [0, 0.1) is 5.39 Å². The van der Waals surface area contributed by atoms with Crippen molar-refractivity contribution >= 4 is 20.3 Å². The van der Waals surface area contributed by atoms with Gasteiger partial charge in [0.2, 0.25) is 5.39 Å². The molecule has 1 unspecified atom stereocenters. The Hall–Kier alpha value is -1.92. The fourth-order valence-corrected chi connectivity index (χ4v) is 2.77. The van der Waals surface area contributed by atoms with E-state index in [1.807, 2.05) is 33.9 Å². The quantitative estimate of drug-likeness (QED) is 0.244. The van der Waals surface area contributed by atoms with Crippen LogP contribution >= 0.6 is 0 Å². The van der Waals surface area contributed by atoms with E-state index in [0.29, 0.717) is 0 Å². The van der Waals surface area contributed by atoms with Crippen molar-refractivity contribution in [1.29, 1.82) is 5.39 Å². The SMILES string of the molecule is CCOC(=O)C(C/C(O)=C(\[N+]#N)C(=O)OC)O[Si](C)(C)C(C)(C)C. The summed E-state index contributed by atoms with van der Waals surface area (Å²) in [5.41, 5.74) is -0.675. The number of methoxy groups -OCH3 is 1. The van der Waals surface area contributed by atoms with Crippen molar-refractivity contribution in [2.45, 2.75) is 58.4 Å². The summed E-state index contributed by atoms with van der Waals surface area (Å²) < 4.78 is 15.4. The van der Waals surface area contributed by atoms with Gasteiger partial charge >= 0.3 is 17.6 Å². The van der Waals surface area contributed by atoms with Crippen molar-refractivity contribution < 1.29 is 28.6 Å². The third kappa shape index (κ3) is 5.94. The standard InChI is InChI=1S/C15H26N2O6Si/c1-8-22-13(19)11(23-24(6,7)15(2,3)4)9-10(18)12(17-16)14(20)21-5/h11H,8-9H2,1-7H3/p+1. The Labute approximate surface area is 143 Å². The first-order chi connectivity index (χ1) is 10.9. The lowest BCUT2D eigenvalue weighted by Gasteiger charge is -2.38. The van der Waals surface area contributed by atoms with Crippen LogP contribution in [-0.4, -0.2) is 45.2 Å². The maximum Gasteiger partial charge on any atom is 0.505 e. The molecule has 0 bridgehead atoms. The highest BCUT2D eigenvalue weighted by Gasteiger charge is 2.42. The van der Waals surface area contributed by atoms with Crippen LogP contribution in [0.2, 0.25) is 18.1 Å². The topological polar surface area (TPSA) is 110 Å². The number of aliphatic hydroxyl groups is 1. The molecule has 1 N–H and O–H groups in total. The molecule has 0 heterocycles. The second-order valence-corrected chi connectivity index (χ2v) is 11.5. The zero-order valence-electron chi connectivity index (χ0n) is 15.4. The predicted octanol–water partition coefficient (Wildman–Crippen LogP) is 3.13. The number of aliphatic hydroxyl groups excluding tert-OH is 1. The number of nitrogens with zero attached hydrogens (tertiary/aromatic N) is 2. The van der Waals surface area contributed by atoms with Crippen LogP contribution in [-0.2, 0) is 23.5 Å². The lowest BCUT2D eigenvalue weighted by Crippen LogP contribution is -2.46. The first kappa shape index (κ1) is 22.1. The van der Waals surface area contributed by atoms with E-state index in [9.17, 15) is 14.7 Å². The van der Waals surface area contributed by atoms with Crippen LogP contribution in [0.3, 0.4) is 0 Å². The van der Waals surface area contributed by atoms with E-state index in [2.05, 4.69) is 9.71 Å². The molecule has 0 saturated carbocycles. The molecule has 8 nitrogen and oxygen atoms in total. The fourth-order valence-electron chi connectivity index (χ4n) is 1.53. The summed E-state index contributed by atoms with van der Waals surface area (Å²) in [4.78, 5) is 26.4. The van der Waals surface area contributed by atoms with Gasteiger partial charge in [-0.3, -0.25) is 0 Å². The van der Waals surface area contributed by atoms with Crippen molar-refractivity contribution in [3.05, 3.63) is 16.4 Å². The smallest absolute Gasteiger partial charge is 0.505 e. The average Bonchev–Trinajstić information content (AvgIpc) is 2.45. The predicted molar refractivity (Wildman–Crippen MR) is 90.1 cm³/mol. The zero-order chi connectivity index (χ0) is 19.1. The molecule has 0 saturated heterocycles. The Balaban J connectivity index is 5.61. The number of esters is 2. The van der Waals surface area contributed by atoms with Gasteiger partial charge in [-0.15, -0.1) is 0 Å². The monoisotopic (exact) mass is 359 g/mol. The van der Waals surface area contributed by atoms with Crippen LogP contribution in [0.1, 0.15) is 34.1 Å². The first-order valence-electron chi connectivity index (χ1n) is 7.61. The maximum absolute atomic E-state index is 12.2. The first-order valence-corrected chi connectivity index (χ1v) is 10.5. The van der Waals surface area contributed by atoms with Crippen molar-refractivity contribution in [2.24, 2.45) is 0 Å². The second kappa shape index (κ2) is 8.80. The molecule has 136 valence electrons. The highest BCUT2D eigenvalue weighted by Crippen LogP contribution is 2.38. The van der Waals surface area contributed by atoms with Crippen molar-refractivity contribution in [2.75, 3.05) is 13.7 Å². The molecular weight excluding hydrogens is 332 g/mol. The van der Waals surface area contributed by atoms with E-state index >= 15 is 0 Å². The summed E-state index contributed by atoms with van der Waals surface area (Å²) in [7, 11) is -1.27. The van der Waals surface area contributed by atoms with Gasteiger partial charge in [-0.25, -0.2) is 9.59 Å². The molecule has 0 aliphatic heterocycles. The number of carbonyl (C=O) groups excluding carboxylic acids is 2. The Morgan fingerprint density at radius 3 is 2.21 bits per heavy atom. The third-order valence-corrected chi connectivity index (χ3v) is 8.41. The van der Waals surface area contributed by atoms with Gasteiger partial charge < -0.3 is 19.0 Å². The van der Waals surface area contributed by atoms with Gasteiger partial charge in [-0.2, -0.15) is 0 Å². The summed E-state index contributed by atoms with van der Waals surface area (Å²) in [6.07, 6.45) is -1.48. The number of rotatable bonds is 7. The lowest BCUT2D eigenvalue weighted by molar-refractivity contribution is -0.152. The Morgan fingerprint density at radius 1 is 1.29 bits per heavy atom. The van der Waals surface area contributed by atoms with Gasteiger partial charge in [0.25, 0.3) is 0 Å². The van der Waals surface area contributed by atoms with Crippen LogP contribution in [0.15, 0.2) is 11.5 Å². The molecule has 9 heteroatoms. The molecule has 0 rings (SSSR count). The van der Waals surface area contributed by atoms with Gasteiger partial charge in [0.15, 0.2) is 25.2 Å². The highest BCUT2D eigenvalue weighted by atomic mass is 28.4.